The van der Waals surface area contributed by atoms with E-state index < -0.39 is 12.2 Å². The van der Waals surface area contributed by atoms with Crippen molar-refractivity contribution in [3.05, 3.63) is 0 Å². The molecule has 2 N–H and O–H groups in total. The Labute approximate surface area is 101 Å². The molecule has 2 nitrogen and oxygen atoms in total. The molecule has 0 bridgehead atoms. The molecule has 1 aliphatic heterocycles. The van der Waals surface area contributed by atoms with Crippen molar-refractivity contribution in [3.8, 4) is 0 Å². The van der Waals surface area contributed by atoms with E-state index in [0.29, 0.717) is 24.9 Å². The number of rotatable bonds is 3. The van der Waals surface area contributed by atoms with Gasteiger partial charge in [-0.05, 0) is 44.2 Å². The summed E-state index contributed by atoms with van der Waals surface area (Å²) in [5.74, 6) is 1.10. The first-order chi connectivity index (χ1) is 7.86. The normalized spacial score (nSPS) is 25.9. The molecule has 1 rings (SSSR count). The predicted octanol–water partition coefficient (Wildman–Crippen LogP) is 2.63. The Bertz CT molecular complexity index is 228. The van der Waals surface area contributed by atoms with Gasteiger partial charge in [-0.2, -0.15) is 13.2 Å². The number of hydrogen-bond acceptors (Lipinski definition) is 2. The third-order valence-electron chi connectivity index (χ3n) is 3.79. The van der Waals surface area contributed by atoms with Crippen LogP contribution in [0.4, 0.5) is 13.2 Å². The first kappa shape index (κ1) is 14.8. The lowest BCUT2D eigenvalue weighted by atomic mass is 9.89. The van der Waals surface area contributed by atoms with Crippen LogP contribution >= 0.6 is 0 Å². The third kappa shape index (κ3) is 4.14. The average molecular weight is 252 g/mol. The monoisotopic (exact) mass is 252 g/mol. The van der Waals surface area contributed by atoms with Crippen LogP contribution in [0.3, 0.4) is 0 Å². The van der Waals surface area contributed by atoms with Crippen LogP contribution in [-0.2, 0) is 0 Å². The molecule has 0 aromatic carbocycles. The van der Waals surface area contributed by atoms with Crippen LogP contribution in [-0.4, -0.2) is 36.8 Å². The van der Waals surface area contributed by atoms with Crippen molar-refractivity contribution in [3.63, 3.8) is 0 Å². The Hall–Kier alpha value is -0.290. The first-order valence-electron chi connectivity index (χ1n) is 6.37. The fourth-order valence-corrected chi connectivity index (χ4v) is 2.61. The molecule has 1 heterocycles. The lowest BCUT2D eigenvalue weighted by Crippen LogP contribution is -2.50. The molecule has 2 unspecified atom stereocenters. The Balaban J connectivity index is 2.61. The van der Waals surface area contributed by atoms with Crippen molar-refractivity contribution in [2.24, 2.45) is 17.6 Å². The summed E-state index contributed by atoms with van der Waals surface area (Å²) in [6.07, 6.45) is -1.48. The van der Waals surface area contributed by atoms with Crippen LogP contribution in [0.25, 0.3) is 0 Å². The zero-order valence-corrected chi connectivity index (χ0v) is 10.6. The van der Waals surface area contributed by atoms with Gasteiger partial charge in [0.2, 0.25) is 0 Å². The quantitative estimate of drug-likeness (QED) is 0.836. The van der Waals surface area contributed by atoms with Crippen LogP contribution < -0.4 is 5.73 Å². The second-order valence-corrected chi connectivity index (χ2v) is 5.26. The maximum Gasteiger partial charge on any atom is 0.405 e. The molecule has 1 saturated heterocycles. The fourth-order valence-electron chi connectivity index (χ4n) is 2.61. The zero-order valence-electron chi connectivity index (χ0n) is 10.6. The van der Waals surface area contributed by atoms with E-state index >= 15 is 0 Å². The van der Waals surface area contributed by atoms with Gasteiger partial charge in [0, 0.05) is 6.54 Å². The van der Waals surface area contributed by atoms with Gasteiger partial charge in [-0.3, -0.25) is 4.90 Å². The number of hydrogen-bond donors (Lipinski definition) is 1. The third-order valence-corrected chi connectivity index (χ3v) is 3.79. The van der Waals surface area contributed by atoms with Gasteiger partial charge < -0.3 is 5.73 Å². The molecule has 1 fully saturated rings. The highest BCUT2D eigenvalue weighted by Crippen LogP contribution is 2.29. The molecule has 102 valence electrons. The molecule has 0 radical (unpaired) electrons. The van der Waals surface area contributed by atoms with E-state index in [1.165, 1.54) is 4.90 Å². The number of nitrogens with two attached hydrogens (primary N) is 1. The van der Waals surface area contributed by atoms with E-state index in [9.17, 15) is 13.2 Å². The van der Waals surface area contributed by atoms with Crippen molar-refractivity contribution < 1.29 is 13.2 Å². The molecule has 17 heavy (non-hydrogen) atoms. The SMILES string of the molecule is CC(C)C1CCCN(C(CN)C(F)(F)F)CC1. The van der Waals surface area contributed by atoms with Crippen molar-refractivity contribution in [2.75, 3.05) is 19.6 Å². The molecule has 1 aliphatic rings. The lowest BCUT2D eigenvalue weighted by molar-refractivity contribution is -0.180. The van der Waals surface area contributed by atoms with Gasteiger partial charge in [0.25, 0.3) is 0 Å². The number of likely N-dealkylation sites (tertiary alicyclic amines) is 1. The molecular weight excluding hydrogens is 229 g/mol. The van der Waals surface area contributed by atoms with E-state index in [1.54, 1.807) is 0 Å². The van der Waals surface area contributed by atoms with E-state index in [1.807, 2.05) is 0 Å². The highest BCUT2D eigenvalue weighted by atomic mass is 19.4. The van der Waals surface area contributed by atoms with E-state index in [4.69, 9.17) is 5.73 Å². The van der Waals surface area contributed by atoms with Crippen LogP contribution in [0.15, 0.2) is 0 Å². The van der Waals surface area contributed by atoms with Crippen LogP contribution in [0, 0.1) is 11.8 Å². The largest absolute Gasteiger partial charge is 0.405 e. The highest BCUT2D eigenvalue weighted by molar-refractivity contribution is 4.83. The molecule has 0 aliphatic carbocycles. The lowest BCUT2D eigenvalue weighted by Gasteiger charge is -2.31. The van der Waals surface area contributed by atoms with Gasteiger partial charge in [0.05, 0.1) is 0 Å². The summed E-state index contributed by atoms with van der Waals surface area (Å²) in [6.45, 7) is 4.99. The zero-order chi connectivity index (χ0) is 13.1. The number of alkyl halides is 3. The Kier molecular flexibility index (Phi) is 5.25. The minimum atomic E-state index is -4.20. The van der Waals surface area contributed by atoms with Gasteiger partial charge >= 0.3 is 6.18 Å². The van der Waals surface area contributed by atoms with Crippen molar-refractivity contribution in [1.82, 2.24) is 4.90 Å². The van der Waals surface area contributed by atoms with Crippen molar-refractivity contribution in [2.45, 2.75) is 45.3 Å². The fraction of sp³-hybridized carbons (Fsp3) is 1.00. The van der Waals surface area contributed by atoms with Crippen molar-refractivity contribution in [1.29, 1.82) is 0 Å². The summed E-state index contributed by atoms with van der Waals surface area (Å²) in [4.78, 5) is 1.52. The maximum absolute atomic E-state index is 12.8. The number of nitrogens with zero attached hydrogens (tertiary/aromatic N) is 1. The minimum absolute atomic E-state index is 0.337. The minimum Gasteiger partial charge on any atom is -0.329 e. The topological polar surface area (TPSA) is 29.3 Å². The van der Waals surface area contributed by atoms with Gasteiger partial charge in [-0.25, -0.2) is 0 Å². The summed E-state index contributed by atoms with van der Waals surface area (Å²) in [7, 11) is 0. The Morgan fingerprint density at radius 3 is 2.35 bits per heavy atom. The molecular formula is C12H23F3N2. The van der Waals surface area contributed by atoms with Crippen LogP contribution in [0.5, 0.6) is 0 Å². The maximum atomic E-state index is 12.8. The van der Waals surface area contributed by atoms with Gasteiger partial charge in [0.15, 0.2) is 0 Å². The van der Waals surface area contributed by atoms with Gasteiger partial charge in [-0.15, -0.1) is 0 Å². The molecule has 5 heteroatoms. The summed E-state index contributed by atoms with van der Waals surface area (Å²) in [6, 6.07) is -1.46. The molecule has 2 atom stereocenters. The van der Waals surface area contributed by atoms with Gasteiger partial charge in [0.1, 0.15) is 6.04 Å². The van der Waals surface area contributed by atoms with Crippen LogP contribution in [0.2, 0.25) is 0 Å². The number of halogens is 3. The molecule has 0 spiro atoms. The smallest absolute Gasteiger partial charge is 0.329 e. The van der Waals surface area contributed by atoms with E-state index in [2.05, 4.69) is 13.8 Å². The molecule has 0 saturated carbocycles. The van der Waals surface area contributed by atoms with Gasteiger partial charge in [-0.1, -0.05) is 13.8 Å². The summed E-state index contributed by atoms with van der Waals surface area (Å²) < 4.78 is 38.3. The summed E-state index contributed by atoms with van der Waals surface area (Å²) in [5.41, 5.74) is 5.27. The second kappa shape index (κ2) is 6.05. The predicted molar refractivity (Wildman–Crippen MR) is 62.6 cm³/mol. The first-order valence-corrected chi connectivity index (χ1v) is 6.37. The average Bonchev–Trinajstić information content (AvgIpc) is 2.42. The Morgan fingerprint density at radius 1 is 1.24 bits per heavy atom. The Morgan fingerprint density at radius 2 is 1.88 bits per heavy atom. The van der Waals surface area contributed by atoms with Crippen molar-refractivity contribution >= 4 is 0 Å². The summed E-state index contributed by atoms with van der Waals surface area (Å²) >= 11 is 0. The van der Waals surface area contributed by atoms with E-state index in [0.717, 1.165) is 19.3 Å². The van der Waals surface area contributed by atoms with Crippen LogP contribution in [0.1, 0.15) is 33.1 Å². The summed E-state index contributed by atoms with van der Waals surface area (Å²) in [5, 5.41) is 0. The van der Waals surface area contributed by atoms with E-state index in [-0.39, 0.29) is 6.54 Å². The highest BCUT2D eigenvalue weighted by Gasteiger charge is 2.42. The molecule has 0 amide bonds. The standard InChI is InChI=1S/C12H23F3N2/c1-9(2)10-4-3-6-17(7-5-10)11(8-16)12(13,14)15/h9-11H,3-8,16H2,1-2H3. The second-order valence-electron chi connectivity index (χ2n) is 5.26. The molecule has 0 aromatic heterocycles. The molecule has 0 aromatic rings.